The lowest BCUT2D eigenvalue weighted by Crippen LogP contribution is -2.38. The molecule has 2 aromatic carbocycles. The van der Waals surface area contributed by atoms with E-state index in [9.17, 15) is 4.79 Å². The van der Waals surface area contributed by atoms with Crippen molar-refractivity contribution in [2.75, 3.05) is 7.05 Å². The van der Waals surface area contributed by atoms with Gasteiger partial charge in [0.25, 0.3) is 0 Å². The Labute approximate surface area is 125 Å². The van der Waals surface area contributed by atoms with Crippen LogP contribution < -0.4 is 0 Å². The predicted octanol–water partition coefficient (Wildman–Crippen LogP) is 3.15. The second-order valence-electron chi connectivity index (χ2n) is 5.79. The molecule has 0 aromatic heterocycles. The van der Waals surface area contributed by atoms with Crippen LogP contribution in [0.5, 0.6) is 0 Å². The summed E-state index contributed by atoms with van der Waals surface area (Å²) in [6.45, 7) is 1.84. The van der Waals surface area contributed by atoms with Gasteiger partial charge in [-0.2, -0.15) is 5.06 Å². The molecule has 1 fully saturated rings. The van der Waals surface area contributed by atoms with Gasteiger partial charge in [0.2, 0.25) is 0 Å². The lowest BCUT2D eigenvalue weighted by molar-refractivity contribution is -0.192. The third kappa shape index (κ3) is 2.19. The molecule has 1 unspecified atom stereocenters. The van der Waals surface area contributed by atoms with Gasteiger partial charge >= 0.3 is 0 Å². The van der Waals surface area contributed by atoms with Crippen LogP contribution in [0.25, 0.3) is 0 Å². The van der Waals surface area contributed by atoms with Gasteiger partial charge in [-0.25, -0.2) is 0 Å². The van der Waals surface area contributed by atoms with Crippen molar-refractivity contribution in [2.24, 2.45) is 0 Å². The van der Waals surface area contributed by atoms with Crippen molar-refractivity contribution in [3.05, 3.63) is 71.8 Å². The average molecular weight is 281 g/mol. The molecule has 3 nitrogen and oxygen atoms in total. The maximum absolute atomic E-state index is 11.5. The second kappa shape index (κ2) is 5.10. The zero-order chi connectivity index (χ0) is 14.9. The Bertz CT molecular complexity index is 587. The lowest BCUT2D eigenvalue weighted by Gasteiger charge is -2.35. The highest BCUT2D eigenvalue weighted by atomic mass is 16.7. The molecule has 3 heteroatoms. The monoisotopic (exact) mass is 281 g/mol. The third-order valence-electron chi connectivity index (χ3n) is 4.24. The van der Waals surface area contributed by atoms with Crippen LogP contribution in [0.2, 0.25) is 0 Å². The summed E-state index contributed by atoms with van der Waals surface area (Å²) >= 11 is 0. The smallest absolute Gasteiger partial charge is 0.153 e. The Kier molecular flexibility index (Phi) is 3.40. The van der Waals surface area contributed by atoms with E-state index in [2.05, 4.69) is 24.3 Å². The number of carbonyl (C=O) groups is 1. The van der Waals surface area contributed by atoms with Crippen LogP contribution in [0, 0.1) is 0 Å². The van der Waals surface area contributed by atoms with E-state index in [-0.39, 0.29) is 0 Å². The van der Waals surface area contributed by atoms with Gasteiger partial charge < -0.3 is 4.79 Å². The summed E-state index contributed by atoms with van der Waals surface area (Å²) in [5.41, 5.74) is 1.01. The highest BCUT2D eigenvalue weighted by molar-refractivity contribution is 5.63. The molecule has 3 rings (SSSR count). The maximum atomic E-state index is 11.5. The zero-order valence-corrected chi connectivity index (χ0v) is 12.3. The van der Waals surface area contributed by atoms with Gasteiger partial charge in [0.1, 0.15) is 5.60 Å². The van der Waals surface area contributed by atoms with Gasteiger partial charge in [-0.05, 0) is 18.1 Å². The fourth-order valence-electron chi connectivity index (χ4n) is 3.27. The van der Waals surface area contributed by atoms with Crippen LogP contribution in [-0.4, -0.2) is 24.0 Å². The molecule has 21 heavy (non-hydrogen) atoms. The number of benzene rings is 2. The quantitative estimate of drug-likeness (QED) is 0.809. The first-order valence-corrected chi connectivity index (χ1v) is 7.11. The van der Waals surface area contributed by atoms with E-state index < -0.39 is 11.1 Å². The Morgan fingerprint density at radius 2 is 1.48 bits per heavy atom. The fourth-order valence-corrected chi connectivity index (χ4v) is 3.27. The van der Waals surface area contributed by atoms with E-state index in [0.29, 0.717) is 6.42 Å². The van der Waals surface area contributed by atoms with Crippen LogP contribution in [0.15, 0.2) is 60.7 Å². The van der Waals surface area contributed by atoms with Crippen LogP contribution in [-0.2, 0) is 15.2 Å². The first-order valence-electron chi connectivity index (χ1n) is 7.11. The molecule has 2 aromatic rings. The molecular weight excluding hydrogens is 262 g/mol. The van der Waals surface area contributed by atoms with Gasteiger partial charge in [-0.1, -0.05) is 60.7 Å². The summed E-state index contributed by atoms with van der Waals surface area (Å²) in [5, 5.41) is 1.83. The molecule has 108 valence electrons. The molecule has 1 atom stereocenters. The Morgan fingerprint density at radius 1 is 1.00 bits per heavy atom. The van der Waals surface area contributed by atoms with Gasteiger partial charge in [-0.3, -0.25) is 4.84 Å². The molecule has 1 saturated heterocycles. The largest absolute Gasteiger partial charge is 0.300 e. The summed E-state index contributed by atoms with van der Waals surface area (Å²) in [5.74, 6) is 0. The summed E-state index contributed by atoms with van der Waals surface area (Å²) < 4.78 is 0. The molecule has 0 saturated carbocycles. The predicted molar refractivity (Wildman–Crippen MR) is 81.6 cm³/mol. The molecule has 1 heterocycles. The maximum Gasteiger partial charge on any atom is 0.153 e. The average Bonchev–Trinajstić information content (AvgIpc) is 2.82. The number of hydrogen-bond donors (Lipinski definition) is 0. The standard InChI is InChI=1S/C18H19NO2/c1-17(14-20)13-18(19(2)21-17,15-9-5-3-6-10-15)16-11-7-4-8-12-16/h3-12,14H,13H2,1-2H3. The highest BCUT2D eigenvalue weighted by Crippen LogP contribution is 2.48. The normalized spacial score (nSPS) is 24.9. The van der Waals surface area contributed by atoms with Crippen molar-refractivity contribution in [1.82, 2.24) is 5.06 Å². The number of rotatable bonds is 3. The Balaban J connectivity index is 2.20. The van der Waals surface area contributed by atoms with Crippen molar-refractivity contribution >= 4 is 6.29 Å². The molecule has 0 bridgehead atoms. The zero-order valence-electron chi connectivity index (χ0n) is 12.3. The van der Waals surface area contributed by atoms with Gasteiger partial charge in [0.05, 0.1) is 5.54 Å². The number of hydroxylamine groups is 2. The van der Waals surface area contributed by atoms with E-state index >= 15 is 0 Å². The van der Waals surface area contributed by atoms with Crippen molar-refractivity contribution in [1.29, 1.82) is 0 Å². The summed E-state index contributed by atoms with van der Waals surface area (Å²) in [6, 6.07) is 20.4. The van der Waals surface area contributed by atoms with Crippen molar-refractivity contribution in [2.45, 2.75) is 24.5 Å². The Hall–Kier alpha value is -1.97. The fraction of sp³-hybridized carbons (Fsp3) is 0.278. The molecule has 0 spiro atoms. The summed E-state index contributed by atoms with van der Waals surface area (Å²) in [7, 11) is 1.90. The third-order valence-corrected chi connectivity index (χ3v) is 4.24. The van der Waals surface area contributed by atoms with Crippen molar-refractivity contribution in [3.8, 4) is 0 Å². The van der Waals surface area contributed by atoms with Gasteiger partial charge in [0.15, 0.2) is 6.29 Å². The minimum atomic E-state index is -0.805. The minimum absolute atomic E-state index is 0.446. The number of nitrogens with zero attached hydrogens (tertiary/aromatic N) is 1. The summed E-state index contributed by atoms with van der Waals surface area (Å²) in [4.78, 5) is 17.4. The van der Waals surface area contributed by atoms with Gasteiger partial charge in [0, 0.05) is 13.5 Å². The highest BCUT2D eigenvalue weighted by Gasteiger charge is 2.53. The molecule has 1 aliphatic heterocycles. The van der Waals surface area contributed by atoms with Crippen molar-refractivity contribution in [3.63, 3.8) is 0 Å². The van der Waals surface area contributed by atoms with Crippen LogP contribution >= 0.6 is 0 Å². The number of carbonyl (C=O) groups excluding carboxylic acids is 1. The van der Waals surface area contributed by atoms with E-state index in [1.165, 1.54) is 0 Å². The molecule has 0 amide bonds. The molecule has 0 radical (unpaired) electrons. The van der Waals surface area contributed by atoms with E-state index in [4.69, 9.17) is 4.84 Å². The van der Waals surface area contributed by atoms with Crippen LogP contribution in [0.3, 0.4) is 0 Å². The van der Waals surface area contributed by atoms with Crippen LogP contribution in [0.4, 0.5) is 0 Å². The van der Waals surface area contributed by atoms with Gasteiger partial charge in [-0.15, -0.1) is 0 Å². The van der Waals surface area contributed by atoms with E-state index in [0.717, 1.165) is 17.4 Å². The first-order chi connectivity index (χ1) is 10.1. The Morgan fingerprint density at radius 3 is 1.86 bits per heavy atom. The SMILES string of the molecule is CN1OC(C)(C=O)CC1(c1ccccc1)c1ccccc1. The molecule has 0 N–H and O–H groups in total. The lowest BCUT2D eigenvalue weighted by atomic mass is 9.76. The number of hydrogen-bond acceptors (Lipinski definition) is 3. The molecular formula is C18H19NO2. The van der Waals surface area contributed by atoms with Crippen molar-refractivity contribution < 1.29 is 9.63 Å². The minimum Gasteiger partial charge on any atom is -0.300 e. The summed E-state index contributed by atoms with van der Waals surface area (Å²) in [6.07, 6.45) is 1.49. The van der Waals surface area contributed by atoms with E-state index in [1.54, 1.807) is 0 Å². The molecule has 1 aliphatic rings. The molecule has 0 aliphatic carbocycles. The van der Waals surface area contributed by atoms with E-state index in [1.807, 2.05) is 55.4 Å². The van der Waals surface area contributed by atoms with Crippen LogP contribution in [0.1, 0.15) is 24.5 Å². The topological polar surface area (TPSA) is 29.5 Å². The second-order valence-corrected chi connectivity index (χ2v) is 5.79. The first kappa shape index (κ1) is 14.0. The number of aldehydes is 1.